The van der Waals surface area contributed by atoms with Crippen LogP contribution in [0.1, 0.15) is 35.1 Å². The third-order valence-corrected chi connectivity index (χ3v) is 7.79. The second-order valence-electron chi connectivity index (χ2n) is 9.17. The number of amides is 1. The Morgan fingerprint density at radius 2 is 1.91 bits per heavy atom. The Morgan fingerprint density at radius 3 is 2.59 bits per heavy atom. The van der Waals surface area contributed by atoms with Crippen molar-refractivity contribution in [2.45, 2.75) is 18.8 Å². The molecule has 0 spiro atoms. The van der Waals surface area contributed by atoms with Crippen molar-refractivity contribution in [3.63, 3.8) is 0 Å². The van der Waals surface area contributed by atoms with Crippen LogP contribution in [0, 0.1) is 0 Å². The molecule has 0 aromatic carbocycles. The smallest absolute Gasteiger partial charge is 0.274 e. The third-order valence-electron chi connectivity index (χ3n) is 6.52. The monoisotopic (exact) mass is 462 g/mol. The lowest BCUT2D eigenvalue weighted by molar-refractivity contribution is 0.0626. The minimum absolute atomic E-state index is 0.0298. The first-order valence-electron chi connectivity index (χ1n) is 11.3. The fraction of sp³-hybridized carbons (Fsp3) is 0.636. The number of likely N-dealkylation sites (N-methyl/N-ethyl adjacent to an activating group) is 1. The first-order valence-corrected chi connectivity index (χ1v) is 13.2. The molecule has 176 valence electrons. The molecule has 9 nitrogen and oxygen atoms in total. The number of pyridine rings is 1. The number of aromatic nitrogens is 2. The van der Waals surface area contributed by atoms with Gasteiger partial charge in [0.2, 0.25) is 10.0 Å². The van der Waals surface area contributed by atoms with Gasteiger partial charge in [-0.2, -0.15) is 0 Å². The van der Waals surface area contributed by atoms with Crippen LogP contribution in [0.2, 0.25) is 0 Å². The number of piperazine rings is 1. The van der Waals surface area contributed by atoms with Crippen molar-refractivity contribution in [1.82, 2.24) is 28.4 Å². The Morgan fingerprint density at radius 1 is 1.16 bits per heavy atom. The molecule has 2 aliphatic rings. The highest BCUT2D eigenvalue weighted by Gasteiger charge is 2.32. The minimum Gasteiger partial charge on any atom is -0.335 e. The van der Waals surface area contributed by atoms with Crippen molar-refractivity contribution in [3.05, 3.63) is 35.9 Å². The standard InChI is InChI=1S/C22H34N6O3S/c1-24(2)11-12-25-13-15-26(16-14-25)22(29)20-19-8-4-5-10-28(19)21(23-20)18-7-6-9-27(17-18)32(3,30)31/h4-5,8,10,18H,6-7,9,11-17H2,1-3H3/t18-/m0/s1. The summed E-state index contributed by atoms with van der Waals surface area (Å²) in [5.74, 6) is 0.711. The Labute approximate surface area is 190 Å². The zero-order chi connectivity index (χ0) is 22.9. The highest BCUT2D eigenvalue weighted by molar-refractivity contribution is 7.88. The molecule has 1 amide bonds. The van der Waals surface area contributed by atoms with Crippen LogP contribution in [0.5, 0.6) is 0 Å². The summed E-state index contributed by atoms with van der Waals surface area (Å²) >= 11 is 0. The van der Waals surface area contributed by atoms with E-state index in [1.165, 1.54) is 10.6 Å². The molecular weight excluding hydrogens is 428 g/mol. The summed E-state index contributed by atoms with van der Waals surface area (Å²) in [4.78, 5) is 24.7. The zero-order valence-corrected chi connectivity index (χ0v) is 20.1. The average molecular weight is 463 g/mol. The van der Waals surface area contributed by atoms with Crippen LogP contribution in [0.3, 0.4) is 0 Å². The van der Waals surface area contributed by atoms with Gasteiger partial charge in [0.05, 0.1) is 11.8 Å². The van der Waals surface area contributed by atoms with Crippen LogP contribution in [-0.4, -0.2) is 115 Å². The highest BCUT2D eigenvalue weighted by atomic mass is 32.2. The number of piperidine rings is 1. The van der Waals surface area contributed by atoms with E-state index < -0.39 is 10.0 Å². The van der Waals surface area contributed by atoms with Gasteiger partial charge in [0, 0.05) is 64.5 Å². The van der Waals surface area contributed by atoms with Crippen molar-refractivity contribution in [2.75, 3.05) is 72.7 Å². The summed E-state index contributed by atoms with van der Waals surface area (Å²) in [5, 5.41) is 0. The molecule has 4 rings (SSSR count). The Kier molecular flexibility index (Phi) is 6.85. The van der Waals surface area contributed by atoms with E-state index in [1.54, 1.807) is 0 Å². The van der Waals surface area contributed by atoms with E-state index in [0.717, 1.165) is 50.4 Å². The van der Waals surface area contributed by atoms with E-state index in [4.69, 9.17) is 4.98 Å². The van der Waals surface area contributed by atoms with E-state index in [0.29, 0.717) is 31.9 Å². The van der Waals surface area contributed by atoms with Crippen LogP contribution in [-0.2, 0) is 10.0 Å². The predicted octanol–water partition coefficient (Wildman–Crippen LogP) is 0.793. The van der Waals surface area contributed by atoms with E-state index >= 15 is 0 Å². The largest absolute Gasteiger partial charge is 0.335 e. The summed E-state index contributed by atoms with van der Waals surface area (Å²) in [7, 11) is 0.895. The second kappa shape index (κ2) is 9.46. The highest BCUT2D eigenvalue weighted by Crippen LogP contribution is 2.29. The molecule has 2 aliphatic heterocycles. The SMILES string of the molecule is CN(C)CCN1CCN(C(=O)c2nc([C@H]3CCCN(S(C)(=O)=O)C3)n3ccccc23)CC1. The maximum atomic E-state index is 13.4. The van der Waals surface area contributed by atoms with Gasteiger partial charge in [0.25, 0.3) is 5.91 Å². The number of imidazole rings is 1. The molecule has 0 aliphatic carbocycles. The topological polar surface area (TPSA) is 81.5 Å². The molecule has 2 aromatic rings. The van der Waals surface area contributed by atoms with Gasteiger partial charge in [-0.25, -0.2) is 17.7 Å². The van der Waals surface area contributed by atoms with Gasteiger partial charge in [-0.15, -0.1) is 0 Å². The van der Waals surface area contributed by atoms with Crippen LogP contribution >= 0.6 is 0 Å². The molecule has 4 heterocycles. The fourth-order valence-electron chi connectivity index (χ4n) is 4.63. The predicted molar refractivity (Wildman–Crippen MR) is 124 cm³/mol. The molecule has 2 fully saturated rings. The number of carbonyl (C=O) groups is 1. The van der Waals surface area contributed by atoms with Gasteiger partial charge in [-0.1, -0.05) is 6.07 Å². The van der Waals surface area contributed by atoms with Crippen molar-refractivity contribution in [2.24, 2.45) is 0 Å². The van der Waals surface area contributed by atoms with E-state index in [1.807, 2.05) is 33.7 Å². The maximum Gasteiger partial charge on any atom is 0.274 e. The van der Waals surface area contributed by atoms with Gasteiger partial charge >= 0.3 is 0 Å². The molecule has 2 aromatic heterocycles. The van der Waals surface area contributed by atoms with Crippen LogP contribution in [0.4, 0.5) is 0 Å². The molecular formula is C22H34N6O3S. The first kappa shape index (κ1) is 23.2. The molecule has 0 bridgehead atoms. The second-order valence-corrected chi connectivity index (χ2v) is 11.2. The number of carbonyl (C=O) groups excluding carboxylic acids is 1. The van der Waals surface area contributed by atoms with E-state index in [2.05, 4.69) is 23.9 Å². The normalized spacial score (nSPS) is 21.5. The first-order chi connectivity index (χ1) is 15.2. The summed E-state index contributed by atoms with van der Waals surface area (Å²) in [5.41, 5.74) is 1.26. The van der Waals surface area contributed by atoms with Crippen molar-refractivity contribution >= 4 is 21.4 Å². The van der Waals surface area contributed by atoms with Gasteiger partial charge in [-0.3, -0.25) is 9.69 Å². The van der Waals surface area contributed by atoms with E-state index in [-0.39, 0.29) is 11.8 Å². The Bertz CT molecular complexity index is 1060. The maximum absolute atomic E-state index is 13.4. The Hall–Kier alpha value is -2.01. The van der Waals surface area contributed by atoms with Gasteiger partial charge < -0.3 is 14.2 Å². The number of nitrogens with zero attached hydrogens (tertiary/aromatic N) is 6. The van der Waals surface area contributed by atoms with Gasteiger partial charge in [0.15, 0.2) is 5.69 Å². The number of sulfonamides is 1. The minimum atomic E-state index is -3.25. The van der Waals surface area contributed by atoms with Crippen LogP contribution < -0.4 is 0 Å². The number of hydrogen-bond acceptors (Lipinski definition) is 6. The molecule has 0 unspecified atom stereocenters. The van der Waals surface area contributed by atoms with Crippen LogP contribution in [0.15, 0.2) is 24.4 Å². The van der Waals surface area contributed by atoms with Crippen molar-refractivity contribution in [3.8, 4) is 0 Å². The lowest BCUT2D eigenvalue weighted by Gasteiger charge is -2.35. The average Bonchev–Trinajstić information content (AvgIpc) is 3.17. The van der Waals surface area contributed by atoms with Gasteiger partial charge in [-0.05, 0) is 39.1 Å². The fourth-order valence-corrected chi connectivity index (χ4v) is 5.54. The van der Waals surface area contributed by atoms with Gasteiger partial charge in [0.1, 0.15) is 5.82 Å². The van der Waals surface area contributed by atoms with Crippen LogP contribution in [0.25, 0.3) is 5.52 Å². The Balaban J connectivity index is 1.54. The molecule has 32 heavy (non-hydrogen) atoms. The summed E-state index contributed by atoms with van der Waals surface area (Å²) in [6, 6.07) is 5.77. The molecule has 2 saturated heterocycles. The molecule has 0 N–H and O–H groups in total. The lowest BCUT2D eigenvalue weighted by Crippen LogP contribution is -2.50. The summed E-state index contributed by atoms with van der Waals surface area (Å²) < 4.78 is 27.7. The quantitative estimate of drug-likeness (QED) is 0.632. The van der Waals surface area contributed by atoms with Crippen molar-refractivity contribution < 1.29 is 13.2 Å². The number of hydrogen-bond donors (Lipinski definition) is 0. The molecule has 0 radical (unpaired) electrons. The lowest BCUT2D eigenvalue weighted by atomic mass is 9.99. The molecule has 10 heteroatoms. The number of rotatable bonds is 6. The van der Waals surface area contributed by atoms with E-state index in [9.17, 15) is 13.2 Å². The summed E-state index contributed by atoms with van der Waals surface area (Å²) in [6.07, 6.45) is 4.83. The molecule has 1 atom stereocenters. The number of fused-ring (bicyclic) bond motifs is 1. The third kappa shape index (κ3) is 4.98. The summed E-state index contributed by atoms with van der Waals surface area (Å²) in [6.45, 7) is 6.08. The van der Waals surface area contributed by atoms with Crippen molar-refractivity contribution in [1.29, 1.82) is 0 Å². The molecule has 0 saturated carbocycles. The zero-order valence-electron chi connectivity index (χ0n) is 19.3.